The molecular weight excluding hydrogens is 244 g/mol. The number of benzene rings is 1. The summed E-state index contributed by atoms with van der Waals surface area (Å²) in [7, 11) is 0. The maximum Gasteiger partial charge on any atom is 0.372 e. The molecule has 0 aliphatic carbocycles. The van der Waals surface area contributed by atoms with Gasteiger partial charge in [0.1, 0.15) is 0 Å². The maximum atomic E-state index is 11.5. The Labute approximate surface area is 102 Å². The minimum absolute atomic E-state index is 0.332. The third-order valence-electron chi connectivity index (χ3n) is 1.87. The molecule has 0 atom stereocenters. The van der Waals surface area contributed by atoms with Crippen LogP contribution in [0.5, 0.6) is 0 Å². The van der Waals surface area contributed by atoms with E-state index in [0.29, 0.717) is 5.56 Å². The Bertz CT molecular complexity index is 488. The van der Waals surface area contributed by atoms with Crippen molar-refractivity contribution in [2.24, 2.45) is 0 Å². The highest BCUT2D eigenvalue weighted by Crippen LogP contribution is 2.10. The smallest absolute Gasteiger partial charge is 0.372 e. The average Bonchev–Trinajstić information content (AvgIpc) is 2.35. The summed E-state index contributed by atoms with van der Waals surface area (Å²) < 4.78 is 0. The van der Waals surface area contributed by atoms with Gasteiger partial charge in [-0.15, -0.1) is 0 Å². The second-order valence-electron chi connectivity index (χ2n) is 3.07. The lowest BCUT2D eigenvalue weighted by molar-refractivity contribution is -0.135. The molecule has 0 aromatic heterocycles. The van der Waals surface area contributed by atoms with Crippen LogP contribution in [0.1, 0.15) is 10.4 Å². The molecule has 0 fully saturated rings. The maximum absolute atomic E-state index is 11.5. The van der Waals surface area contributed by atoms with E-state index in [1.54, 1.807) is 30.3 Å². The number of carboxylic acid groups (broad SMARTS) is 1. The molecule has 0 saturated carbocycles. The number of carbonyl (C=O) groups is 2. The molecule has 88 valence electrons. The number of rotatable bonds is 4. The van der Waals surface area contributed by atoms with Crippen molar-refractivity contribution in [3.63, 3.8) is 0 Å². The van der Waals surface area contributed by atoms with Crippen LogP contribution < -0.4 is 0 Å². The van der Waals surface area contributed by atoms with Crippen LogP contribution in [-0.4, -0.2) is 22.0 Å². The molecule has 0 heterocycles. The molecular formula is C12H9ClO4. The van der Waals surface area contributed by atoms with Crippen LogP contribution in [0.15, 0.2) is 53.3 Å². The average molecular weight is 253 g/mol. The number of aliphatic hydroxyl groups is 1. The molecule has 0 saturated heterocycles. The predicted molar refractivity (Wildman–Crippen MR) is 63.1 cm³/mol. The quantitative estimate of drug-likeness (QED) is 0.374. The lowest BCUT2D eigenvalue weighted by Crippen LogP contribution is -2.00. The molecule has 1 aromatic carbocycles. The highest BCUT2D eigenvalue weighted by atomic mass is 35.5. The lowest BCUT2D eigenvalue weighted by Gasteiger charge is -1.95. The summed E-state index contributed by atoms with van der Waals surface area (Å²) in [4.78, 5) is 21.9. The fourth-order valence-corrected chi connectivity index (χ4v) is 1.17. The third kappa shape index (κ3) is 3.77. The van der Waals surface area contributed by atoms with Gasteiger partial charge in [0.15, 0.2) is 5.78 Å². The van der Waals surface area contributed by atoms with E-state index in [2.05, 4.69) is 0 Å². The van der Waals surface area contributed by atoms with Crippen LogP contribution in [0.25, 0.3) is 0 Å². The van der Waals surface area contributed by atoms with Crippen molar-refractivity contribution < 1.29 is 19.8 Å². The molecule has 5 heteroatoms. The summed E-state index contributed by atoms with van der Waals surface area (Å²) in [6.07, 6.45) is 2.14. The zero-order valence-electron chi connectivity index (χ0n) is 8.63. The zero-order chi connectivity index (χ0) is 12.8. The molecule has 0 amide bonds. The highest BCUT2D eigenvalue weighted by molar-refractivity contribution is 6.33. The summed E-state index contributed by atoms with van der Waals surface area (Å²) in [6.45, 7) is 0. The van der Waals surface area contributed by atoms with Gasteiger partial charge in [0.05, 0.1) is 5.03 Å². The van der Waals surface area contributed by atoms with E-state index in [-0.39, 0.29) is 5.78 Å². The van der Waals surface area contributed by atoms with Gasteiger partial charge in [-0.05, 0) is 12.2 Å². The van der Waals surface area contributed by atoms with Crippen molar-refractivity contribution in [1.82, 2.24) is 0 Å². The number of halogens is 1. The number of ketones is 1. The Morgan fingerprint density at radius 2 is 1.65 bits per heavy atom. The summed E-state index contributed by atoms with van der Waals surface area (Å²) >= 11 is 5.47. The van der Waals surface area contributed by atoms with Crippen molar-refractivity contribution in [2.45, 2.75) is 0 Å². The van der Waals surface area contributed by atoms with E-state index in [1.807, 2.05) is 0 Å². The predicted octanol–water partition coefficient (Wildman–Crippen LogP) is 2.52. The van der Waals surface area contributed by atoms with Crippen LogP contribution >= 0.6 is 11.6 Å². The van der Waals surface area contributed by atoms with Gasteiger partial charge in [-0.25, -0.2) is 4.79 Å². The molecule has 0 aliphatic rings. The van der Waals surface area contributed by atoms with E-state index in [9.17, 15) is 9.59 Å². The van der Waals surface area contributed by atoms with Crippen LogP contribution in [0.3, 0.4) is 0 Å². The minimum atomic E-state index is -1.55. The van der Waals surface area contributed by atoms with Crippen molar-refractivity contribution in [1.29, 1.82) is 0 Å². The topological polar surface area (TPSA) is 74.6 Å². The van der Waals surface area contributed by atoms with Crippen molar-refractivity contribution >= 4 is 23.4 Å². The Kier molecular flexibility index (Phi) is 4.48. The summed E-state index contributed by atoms with van der Waals surface area (Å²) in [6, 6.07) is 8.40. The van der Waals surface area contributed by atoms with Crippen LogP contribution in [0.4, 0.5) is 0 Å². The summed E-state index contributed by atoms with van der Waals surface area (Å²) in [5.74, 6) is -2.88. The van der Waals surface area contributed by atoms with Gasteiger partial charge in [0.25, 0.3) is 0 Å². The molecule has 17 heavy (non-hydrogen) atoms. The molecule has 0 aliphatic heterocycles. The Balaban J connectivity index is 2.83. The number of allylic oxidation sites excluding steroid dienone is 3. The third-order valence-corrected chi connectivity index (χ3v) is 2.17. The Morgan fingerprint density at radius 3 is 2.18 bits per heavy atom. The molecule has 1 rings (SSSR count). The van der Waals surface area contributed by atoms with Gasteiger partial charge in [0, 0.05) is 5.56 Å². The van der Waals surface area contributed by atoms with Crippen molar-refractivity contribution in [3.8, 4) is 0 Å². The largest absolute Gasteiger partial charge is 0.501 e. The molecule has 0 bridgehead atoms. The standard InChI is InChI=1S/C12H9ClO4/c13-9(11(15)12(16)17)6-7-10(14)8-4-2-1-3-5-8/h1-7,15H,(H,16,17)/b7-6+,11-9-. The molecule has 2 N–H and O–H groups in total. The van der Waals surface area contributed by atoms with Crippen LogP contribution in [-0.2, 0) is 4.79 Å². The van der Waals surface area contributed by atoms with E-state index in [0.717, 1.165) is 12.2 Å². The lowest BCUT2D eigenvalue weighted by atomic mass is 10.1. The first-order chi connectivity index (χ1) is 8.02. The number of aliphatic hydroxyl groups excluding tert-OH is 1. The number of aliphatic carboxylic acids is 1. The Hall–Kier alpha value is -2.07. The number of carboxylic acids is 1. The normalized spacial score (nSPS) is 12.3. The second kappa shape index (κ2) is 5.86. The first-order valence-corrected chi connectivity index (χ1v) is 4.99. The van der Waals surface area contributed by atoms with Gasteiger partial charge in [-0.3, -0.25) is 4.79 Å². The zero-order valence-corrected chi connectivity index (χ0v) is 9.39. The van der Waals surface area contributed by atoms with Crippen molar-refractivity contribution in [3.05, 3.63) is 58.8 Å². The monoisotopic (exact) mass is 252 g/mol. The van der Waals surface area contributed by atoms with Gasteiger partial charge in [-0.1, -0.05) is 41.9 Å². The van der Waals surface area contributed by atoms with E-state index in [1.165, 1.54) is 0 Å². The SMILES string of the molecule is O=C(O)/C(O)=C(Cl)\C=C\C(=O)c1ccccc1. The number of carbonyl (C=O) groups excluding carboxylic acids is 1. The molecule has 0 radical (unpaired) electrons. The highest BCUT2D eigenvalue weighted by Gasteiger charge is 2.09. The van der Waals surface area contributed by atoms with Crippen LogP contribution in [0, 0.1) is 0 Å². The number of hydrogen-bond acceptors (Lipinski definition) is 3. The van der Waals surface area contributed by atoms with Gasteiger partial charge in [-0.2, -0.15) is 0 Å². The van der Waals surface area contributed by atoms with Gasteiger partial charge >= 0.3 is 5.97 Å². The minimum Gasteiger partial charge on any atom is -0.501 e. The fraction of sp³-hybridized carbons (Fsp3) is 0. The molecule has 0 spiro atoms. The van der Waals surface area contributed by atoms with E-state index >= 15 is 0 Å². The number of hydrogen-bond donors (Lipinski definition) is 2. The van der Waals surface area contributed by atoms with Gasteiger partial charge < -0.3 is 10.2 Å². The fourth-order valence-electron chi connectivity index (χ4n) is 1.03. The summed E-state index contributed by atoms with van der Waals surface area (Å²) in [5, 5.41) is 17.0. The van der Waals surface area contributed by atoms with E-state index in [4.69, 9.17) is 21.8 Å². The molecule has 1 aromatic rings. The summed E-state index contributed by atoms with van der Waals surface area (Å²) in [5.41, 5.74) is 0.447. The van der Waals surface area contributed by atoms with Gasteiger partial charge in [0.2, 0.25) is 5.76 Å². The van der Waals surface area contributed by atoms with Crippen LogP contribution in [0.2, 0.25) is 0 Å². The second-order valence-corrected chi connectivity index (χ2v) is 3.47. The van der Waals surface area contributed by atoms with E-state index < -0.39 is 16.8 Å². The Morgan fingerprint density at radius 1 is 1.06 bits per heavy atom. The molecule has 4 nitrogen and oxygen atoms in total. The van der Waals surface area contributed by atoms with Crippen molar-refractivity contribution in [2.75, 3.05) is 0 Å². The molecule has 0 unspecified atom stereocenters. The first-order valence-electron chi connectivity index (χ1n) is 4.62. The first kappa shape index (κ1) is 13.0.